The van der Waals surface area contributed by atoms with Crippen LogP contribution in [0.1, 0.15) is 44.8 Å². The Kier molecular flexibility index (Phi) is 4.16. The van der Waals surface area contributed by atoms with Crippen molar-refractivity contribution in [2.24, 2.45) is 0 Å². The molecule has 122 valence electrons. The van der Waals surface area contributed by atoms with E-state index < -0.39 is 29.1 Å². The first kappa shape index (κ1) is 15.4. The number of hydrogen-bond donors (Lipinski definition) is 2. The first-order valence-corrected chi connectivity index (χ1v) is 7.50. The first-order valence-electron chi connectivity index (χ1n) is 7.50. The van der Waals surface area contributed by atoms with E-state index in [1.807, 2.05) is 4.98 Å². The number of hydrogen-bond acceptors (Lipinski definition) is 5. The summed E-state index contributed by atoms with van der Waals surface area (Å²) in [6.45, 7) is -0.0803. The highest BCUT2D eigenvalue weighted by atomic mass is 19.1. The quantitative estimate of drug-likeness (QED) is 0.835. The second kappa shape index (κ2) is 5.94. The Morgan fingerprint density at radius 1 is 1.32 bits per heavy atom. The van der Waals surface area contributed by atoms with Gasteiger partial charge in [0, 0.05) is 12.8 Å². The van der Waals surface area contributed by atoms with Gasteiger partial charge >= 0.3 is 5.69 Å². The second-order valence-electron chi connectivity index (χ2n) is 5.83. The highest BCUT2D eigenvalue weighted by Crippen LogP contribution is 2.41. The van der Waals surface area contributed by atoms with Crippen LogP contribution in [0.4, 0.5) is 4.39 Å². The number of aliphatic hydroxyl groups is 1. The number of H-pyrrole nitrogens is 1. The molecule has 7 nitrogen and oxygen atoms in total. The van der Waals surface area contributed by atoms with Crippen LogP contribution in [0.15, 0.2) is 15.8 Å². The summed E-state index contributed by atoms with van der Waals surface area (Å²) in [6.07, 6.45) is 4.13. The molecule has 0 saturated carbocycles. The van der Waals surface area contributed by atoms with Crippen molar-refractivity contribution in [1.29, 1.82) is 0 Å². The Morgan fingerprint density at radius 2 is 2.05 bits per heavy atom. The molecule has 22 heavy (non-hydrogen) atoms. The van der Waals surface area contributed by atoms with Crippen molar-refractivity contribution >= 4 is 0 Å². The van der Waals surface area contributed by atoms with Gasteiger partial charge < -0.3 is 14.6 Å². The molecule has 2 N–H and O–H groups in total. The maximum Gasteiger partial charge on any atom is 0.330 e. The average molecular weight is 314 g/mol. The van der Waals surface area contributed by atoms with E-state index in [2.05, 4.69) is 0 Å². The maximum atomic E-state index is 13.4. The van der Waals surface area contributed by atoms with Gasteiger partial charge in [0.1, 0.15) is 6.23 Å². The van der Waals surface area contributed by atoms with Crippen molar-refractivity contribution in [3.63, 3.8) is 0 Å². The fourth-order valence-electron chi connectivity index (χ4n) is 3.20. The van der Waals surface area contributed by atoms with Crippen molar-refractivity contribution in [2.45, 2.75) is 56.6 Å². The van der Waals surface area contributed by atoms with E-state index in [1.54, 1.807) is 0 Å². The molecule has 2 aliphatic heterocycles. The summed E-state index contributed by atoms with van der Waals surface area (Å²) >= 11 is 0. The van der Waals surface area contributed by atoms with Crippen LogP contribution >= 0.6 is 0 Å². The normalized spacial score (nSPS) is 32.3. The molecule has 2 saturated heterocycles. The number of aliphatic hydroxyl groups excluding tert-OH is 1. The van der Waals surface area contributed by atoms with Crippen LogP contribution in [-0.2, 0) is 9.47 Å². The molecule has 0 amide bonds. The molecule has 0 unspecified atom stereocenters. The lowest BCUT2D eigenvalue weighted by atomic mass is 9.94. The topological polar surface area (TPSA) is 93.6 Å². The van der Waals surface area contributed by atoms with E-state index in [0.29, 0.717) is 19.3 Å². The van der Waals surface area contributed by atoms with E-state index in [-0.39, 0.29) is 12.7 Å². The summed E-state index contributed by atoms with van der Waals surface area (Å²) in [5.74, 6) is -1.87. The summed E-state index contributed by atoms with van der Waals surface area (Å²) in [6, 6.07) is 0. The van der Waals surface area contributed by atoms with Crippen molar-refractivity contribution in [3.05, 3.63) is 32.9 Å². The van der Waals surface area contributed by atoms with Gasteiger partial charge in [-0.05, 0) is 25.7 Å². The number of halogens is 1. The number of aromatic amines is 1. The maximum absolute atomic E-state index is 13.4. The Bertz CT molecular complexity index is 653. The molecule has 2 aliphatic rings. The number of rotatable bonds is 2. The van der Waals surface area contributed by atoms with Crippen LogP contribution in [0.3, 0.4) is 0 Å². The molecule has 8 heteroatoms. The lowest BCUT2D eigenvalue weighted by molar-refractivity contribution is -0.331. The van der Waals surface area contributed by atoms with Crippen molar-refractivity contribution in [3.8, 4) is 0 Å². The number of nitrogens with zero attached hydrogens (tertiary/aromatic N) is 1. The van der Waals surface area contributed by atoms with Crippen LogP contribution in [0.2, 0.25) is 0 Å². The van der Waals surface area contributed by atoms with E-state index in [0.717, 1.165) is 30.0 Å². The van der Waals surface area contributed by atoms with Crippen LogP contribution in [-0.4, -0.2) is 33.2 Å². The molecule has 3 atom stereocenters. The van der Waals surface area contributed by atoms with Crippen molar-refractivity contribution in [1.82, 2.24) is 9.55 Å². The Balaban J connectivity index is 1.86. The molecular formula is C14H19FN2O5. The molecule has 3 rings (SSSR count). The predicted molar refractivity (Wildman–Crippen MR) is 73.8 cm³/mol. The Hall–Kier alpha value is -1.51. The zero-order chi connectivity index (χ0) is 15.7. The number of nitrogens with one attached hydrogen (secondary N) is 1. The van der Waals surface area contributed by atoms with Gasteiger partial charge in [0.25, 0.3) is 5.56 Å². The molecule has 1 aromatic heterocycles. The van der Waals surface area contributed by atoms with Gasteiger partial charge in [-0.15, -0.1) is 0 Å². The molecule has 0 radical (unpaired) electrons. The van der Waals surface area contributed by atoms with Gasteiger partial charge in [-0.2, -0.15) is 4.39 Å². The predicted octanol–water partition coefficient (Wildman–Crippen LogP) is 0.632. The van der Waals surface area contributed by atoms with Crippen LogP contribution in [0.25, 0.3) is 0 Å². The highest BCUT2D eigenvalue weighted by molar-refractivity contribution is 4.90. The standard InChI is InChI=1S/C14H19FN2O5/c15-10-7-17(13(20)16-12(10)19)11-4-2-6-14(22-11)5-1-3-9(8-18)21-14/h7,9,11,18H,1-6,8H2,(H,16,19,20)/t9-,11-,14-/m0/s1. The number of aromatic nitrogens is 2. The monoisotopic (exact) mass is 314 g/mol. The highest BCUT2D eigenvalue weighted by Gasteiger charge is 2.43. The van der Waals surface area contributed by atoms with E-state index >= 15 is 0 Å². The summed E-state index contributed by atoms with van der Waals surface area (Å²) < 4.78 is 26.3. The minimum absolute atomic E-state index is 0.0803. The molecule has 0 aliphatic carbocycles. The second-order valence-corrected chi connectivity index (χ2v) is 5.83. The van der Waals surface area contributed by atoms with Crippen LogP contribution in [0.5, 0.6) is 0 Å². The molecule has 0 aromatic carbocycles. The zero-order valence-electron chi connectivity index (χ0n) is 12.1. The Morgan fingerprint density at radius 3 is 2.77 bits per heavy atom. The third kappa shape index (κ3) is 2.86. The summed E-state index contributed by atoms with van der Waals surface area (Å²) in [5.41, 5.74) is -1.75. The van der Waals surface area contributed by atoms with Gasteiger partial charge in [-0.3, -0.25) is 14.3 Å². The van der Waals surface area contributed by atoms with Crippen LogP contribution < -0.4 is 11.2 Å². The van der Waals surface area contributed by atoms with Gasteiger partial charge in [0.05, 0.1) is 18.9 Å². The SMILES string of the molecule is O=c1[nH]c(=O)n([C@@H]2CCC[C@]3(CCC[C@@H](CO)O3)O2)cc1F. The molecule has 2 fully saturated rings. The minimum atomic E-state index is -1.04. The largest absolute Gasteiger partial charge is 0.394 e. The van der Waals surface area contributed by atoms with Gasteiger partial charge in [-0.25, -0.2) is 4.79 Å². The third-order valence-corrected chi connectivity index (χ3v) is 4.26. The lowest BCUT2D eigenvalue weighted by Gasteiger charge is -2.45. The fraction of sp³-hybridized carbons (Fsp3) is 0.714. The Labute approximate surface area is 125 Å². The smallest absolute Gasteiger partial charge is 0.330 e. The zero-order valence-corrected chi connectivity index (χ0v) is 12.1. The molecule has 1 spiro atoms. The molecule has 0 bridgehead atoms. The first-order chi connectivity index (χ1) is 10.5. The molecular weight excluding hydrogens is 295 g/mol. The third-order valence-electron chi connectivity index (χ3n) is 4.26. The van der Waals surface area contributed by atoms with Crippen molar-refractivity contribution < 1.29 is 19.0 Å². The van der Waals surface area contributed by atoms with E-state index in [4.69, 9.17) is 9.47 Å². The summed E-state index contributed by atoms with van der Waals surface area (Å²) in [4.78, 5) is 24.9. The summed E-state index contributed by atoms with van der Waals surface area (Å²) in [5, 5.41) is 9.27. The summed E-state index contributed by atoms with van der Waals surface area (Å²) in [7, 11) is 0. The van der Waals surface area contributed by atoms with Gasteiger partial charge in [0.15, 0.2) is 5.79 Å². The van der Waals surface area contributed by atoms with Crippen LogP contribution in [0, 0.1) is 5.82 Å². The molecule has 3 heterocycles. The number of ether oxygens (including phenoxy) is 2. The van der Waals surface area contributed by atoms with Gasteiger partial charge in [-0.1, -0.05) is 0 Å². The average Bonchev–Trinajstić information content (AvgIpc) is 2.51. The molecule has 1 aromatic rings. The fourth-order valence-corrected chi connectivity index (χ4v) is 3.20. The van der Waals surface area contributed by atoms with E-state index in [1.165, 1.54) is 0 Å². The van der Waals surface area contributed by atoms with E-state index in [9.17, 15) is 19.1 Å². The minimum Gasteiger partial charge on any atom is -0.394 e. The lowest BCUT2D eigenvalue weighted by Crippen LogP contribution is -2.49. The van der Waals surface area contributed by atoms with Crippen molar-refractivity contribution in [2.75, 3.05) is 6.61 Å². The van der Waals surface area contributed by atoms with Gasteiger partial charge in [0.2, 0.25) is 5.82 Å².